The predicted octanol–water partition coefficient (Wildman–Crippen LogP) is 3.39. The number of phenolic OH excluding ortho intramolecular Hbond substituents is 1. The van der Waals surface area contributed by atoms with E-state index in [-0.39, 0.29) is 52.8 Å². The van der Waals surface area contributed by atoms with Gasteiger partial charge in [0.1, 0.15) is 29.7 Å². The summed E-state index contributed by atoms with van der Waals surface area (Å²) < 4.78 is 54.4. The number of carbonyl (C=O) groups is 5. The summed E-state index contributed by atoms with van der Waals surface area (Å²) in [4.78, 5) is 66.5. The van der Waals surface area contributed by atoms with Crippen LogP contribution < -0.4 is 0 Å². The lowest BCUT2D eigenvalue weighted by atomic mass is 9.57. The molecule has 5 aliphatic heterocycles. The van der Waals surface area contributed by atoms with E-state index in [1.807, 2.05) is 6.92 Å². The van der Waals surface area contributed by atoms with Crippen LogP contribution >= 0.6 is 0 Å². The highest BCUT2D eigenvalue weighted by Gasteiger charge is 2.67. The maximum Gasteiger partial charge on any atom is 0.198 e. The highest BCUT2D eigenvalue weighted by Crippen LogP contribution is 2.53. The number of allylic oxidation sites excluding steroid dienone is 2. The van der Waals surface area contributed by atoms with Gasteiger partial charge in [0, 0.05) is 48.8 Å². The number of ether oxygens (including phenoxy) is 9. The Labute approximate surface area is 386 Å². The SMILES string of the molecule is C[C@@H]1O[C@H](O[C@H]2CC[C@@H](O[C@@]3(C)CC(=O)[C@]4(O)C5=C(C=C[C@]4(O)C3)C(=O)c3c(ccc([C@H]4C[C@H](O)[C@H](O[C@H]6CC[C@H](O[C@H]7C=CC(=O)[C@H](C)O7)[C@H](C)O6)[C@H](C)O4)c3O)C5=O)O[C@H]2C)C=CC1=O. The third-order valence-electron chi connectivity index (χ3n) is 14.4. The molecule has 0 amide bonds. The van der Waals surface area contributed by atoms with Crippen LogP contribution in [0.2, 0.25) is 0 Å². The van der Waals surface area contributed by atoms with Gasteiger partial charge in [-0.3, -0.25) is 24.0 Å². The van der Waals surface area contributed by atoms with Gasteiger partial charge in [-0.1, -0.05) is 12.1 Å². The fourth-order valence-electron chi connectivity index (χ4n) is 10.7. The van der Waals surface area contributed by atoms with Crippen LogP contribution in [-0.2, 0) is 57.0 Å². The van der Waals surface area contributed by atoms with Gasteiger partial charge in [0.05, 0.1) is 59.5 Å². The normalized spacial score (nSPS) is 43.3. The second-order valence-electron chi connectivity index (χ2n) is 19.3. The molecule has 3 aliphatic carbocycles. The van der Waals surface area contributed by atoms with Crippen LogP contribution in [-0.4, -0.2) is 146 Å². The van der Waals surface area contributed by atoms with E-state index in [9.17, 15) is 44.4 Å². The van der Waals surface area contributed by atoms with Gasteiger partial charge < -0.3 is 63.1 Å². The Morgan fingerprint density at radius 3 is 1.88 bits per heavy atom. The number of phenols is 1. The summed E-state index contributed by atoms with van der Waals surface area (Å²) in [6.07, 6.45) is -0.115. The fraction of sp³-hybridized carbons (Fsp3) is 0.612. The van der Waals surface area contributed by atoms with E-state index in [1.54, 1.807) is 46.8 Å². The number of carbonyl (C=O) groups excluding carboxylic acids is 5. The van der Waals surface area contributed by atoms with Gasteiger partial charge in [0.25, 0.3) is 0 Å². The lowest BCUT2D eigenvalue weighted by Gasteiger charge is -2.53. The van der Waals surface area contributed by atoms with Gasteiger partial charge in [-0.2, -0.15) is 0 Å². The molecule has 4 fully saturated rings. The average molecular weight is 935 g/mol. The molecule has 1 saturated carbocycles. The van der Waals surface area contributed by atoms with Gasteiger partial charge in [0.15, 0.2) is 59.7 Å². The van der Waals surface area contributed by atoms with E-state index >= 15 is 0 Å². The van der Waals surface area contributed by atoms with Crippen molar-refractivity contribution < 1.29 is 87.0 Å². The summed E-state index contributed by atoms with van der Waals surface area (Å²) in [5, 5.41) is 47.6. The Morgan fingerprint density at radius 2 is 1.30 bits per heavy atom. The number of hydrogen-bond donors (Lipinski definition) is 4. The van der Waals surface area contributed by atoms with Crippen LogP contribution in [0.25, 0.3) is 0 Å². The first-order valence-corrected chi connectivity index (χ1v) is 23.1. The zero-order valence-corrected chi connectivity index (χ0v) is 38.2. The van der Waals surface area contributed by atoms with Crippen molar-refractivity contribution in [1.82, 2.24) is 0 Å². The van der Waals surface area contributed by atoms with Crippen LogP contribution in [0.4, 0.5) is 0 Å². The number of aliphatic hydroxyl groups excluding tert-OH is 1. The predicted molar refractivity (Wildman–Crippen MR) is 229 cm³/mol. The first-order chi connectivity index (χ1) is 31.7. The van der Waals surface area contributed by atoms with Gasteiger partial charge in [-0.25, -0.2) is 0 Å². The Hall–Kier alpha value is -4.15. The van der Waals surface area contributed by atoms with Crippen LogP contribution in [0.15, 0.2) is 59.7 Å². The molecule has 18 nitrogen and oxygen atoms in total. The minimum atomic E-state index is -2.83. The molecule has 5 heterocycles. The Morgan fingerprint density at radius 1 is 0.701 bits per heavy atom. The van der Waals surface area contributed by atoms with E-state index < -0.39 is 132 Å². The van der Waals surface area contributed by atoms with Crippen LogP contribution in [0.1, 0.15) is 119 Å². The van der Waals surface area contributed by atoms with Gasteiger partial charge in [-0.15, -0.1) is 0 Å². The Balaban J connectivity index is 0.843. The summed E-state index contributed by atoms with van der Waals surface area (Å²) in [5.74, 6) is -3.57. The van der Waals surface area contributed by atoms with Crippen molar-refractivity contribution in [1.29, 1.82) is 0 Å². The number of ketones is 5. The quantitative estimate of drug-likeness (QED) is 0.277. The summed E-state index contributed by atoms with van der Waals surface area (Å²) in [6, 6.07) is 2.70. The zero-order valence-electron chi connectivity index (χ0n) is 38.2. The highest BCUT2D eigenvalue weighted by molar-refractivity contribution is 6.32. The summed E-state index contributed by atoms with van der Waals surface area (Å²) in [5.41, 5.74) is -8.05. The minimum absolute atomic E-state index is 0.0512. The second kappa shape index (κ2) is 18.0. The molecule has 4 N–H and O–H groups in total. The summed E-state index contributed by atoms with van der Waals surface area (Å²) >= 11 is 0. The molecule has 3 saturated heterocycles. The van der Waals surface area contributed by atoms with Crippen molar-refractivity contribution in [2.45, 2.75) is 189 Å². The van der Waals surface area contributed by atoms with Crippen molar-refractivity contribution in [3.63, 3.8) is 0 Å². The molecule has 1 aromatic carbocycles. The van der Waals surface area contributed by atoms with Crippen LogP contribution in [0, 0.1) is 0 Å². The largest absolute Gasteiger partial charge is 0.507 e. The van der Waals surface area contributed by atoms with Gasteiger partial charge >= 0.3 is 0 Å². The third-order valence-corrected chi connectivity index (χ3v) is 14.4. The molecule has 8 aliphatic rings. The van der Waals surface area contributed by atoms with E-state index in [2.05, 4.69) is 0 Å². The molecule has 17 atom stereocenters. The van der Waals surface area contributed by atoms with Gasteiger partial charge in [-0.05, 0) is 90.8 Å². The monoisotopic (exact) mass is 934 g/mol. The summed E-state index contributed by atoms with van der Waals surface area (Å²) in [6.45, 7) is 10.2. The van der Waals surface area contributed by atoms with Gasteiger partial charge in [0.2, 0.25) is 0 Å². The molecular weight excluding hydrogens is 877 g/mol. The number of rotatable bonds is 9. The molecule has 0 aromatic heterocycles. The molecule has 9 rings (SSSR count). The van der Waals surface area contributed by atoms with Crippen molar-refractivity contribution in [3.8, 4) is 5.75 Å². The molecule has 0 radical (unpaired) electrons. The van der Waals surface area contributed by atoms with Crippen molar-refractivity contribution in [2.75, 3.05) is 0 Å². The maximum atomic E-state index is 14.4. The number of aromatic hydroxyl groups is 1. The zero-order chi connectivity index (χ0) is 47.9. The topological polar surface area (TPSA) is 249 Å². The number of aliphatic hydroxyl groups is 3. The molecular formula is C49H58O18. The first kappa shape index (κ1) is 47.9. The van der Waals surface area contributed by atoms with E-state index in [0.29, 0.717) is 25.7 Å². The number of hydrogen-bond acceptors (Lipinski definition) is 18. The lowest BCUT2D eigenvalue weighted by Crippen LogP contribution is -2.69. The maximum absolute atomic E-state index is 14.4. The van der Waals surface area contributed by atoms with Crippen molar-refractivity contribution in [2.24, 2.45) is 0 Å². The molecule has 67 heavy (non-hydrogen) atoms. The standard InChI is InChI=1S/C49H58O18/c1-22-30(50)9-13-37(60-22)64-33-11-15-39(62-24(33)3)66-46-26(5)59-35(19-32(46)52)27-7-8-28-41(43(27)54)44(55)29-17-18-48(57)21-47(6,20-36(53)49(48,58)42(29)45(28)56)67-40-16-12-34(25(4)63-40)65-38-14-10-31(51)23(2)61-38/h7-10,13-14,17-18,22-26,32-35,37-40,46,52,54,57-58H,11-12,15-16,19-21H2,1-6H3/t22-,23-,24-,25-,26-,32-,33-,34-,35+,37-,38+,39-,40+,46+,47-,48-,49-/m0/s1. The van der Waals surface area contributed by atoms with Crippen molar-refractivity contribution in [3.05, 3.63) is 76.4 Å². The first-order valence-electron chi connectivity index (χ1n) is 23.1. The number of Topliss-reactive ketones (excluding diaryl/α,β-unsaturated/α-hetero) is 3. The van der Waals surface area contributed by atoms with E-state index in [4.69, 9.17) is 42.6 Å². The molecule has 362 valence electrons. The highest BCUT2D eigenvalue weighted by atomic mass is 16.7. The number of fused-ring (bicyclic) bond motifs is 3. The lowest BCUT2D eigenvalue weighted by molar-refractivity contribution is -0.292. The second-order valence-corrected chi connectivity index (χ2v) is 19.3. The van der Waals surface area contributed by atoms with Crippen LogP contribution in [0.5, 0.6) is 5.75 Å². The minimum Gasteiger partial charge on any atom is -0.507 e. The average Bonchev–Trinajstić information content (AvgIpc) is 3.26. The Bertz CT molecular complexity index is 2320. The van der Waals surface area contributed by atoms with Crippen LogP contribution in [0.3, 0.4) is 0 Å². The third kappa shape index (κ3) is 8.67. The fourth-order valence-corrected chi connectivity index (χ4v) is 10.7. The van der Waals surface area contributed by atoms with E-state index in [1.165, 1.54) is 30.4 Å². The smallest absolute Gasteiger partial charge is 0.198 e. The van der Waals surface area contributed by atoms with E-state index in [0.717, 1.165) is 6.08 Å². The molecule has 1 aromatic rings. The number of benzene rings is 1. The molecule has 0 bridgehead atoms. The molecule has 0 spiro atoms. The summed E-state index contributed by atoms with van der Waals surface area (Å²) in [7, 11) is 0. The van der Waals surface area contributed by atoms with Crippen molar-refractivity contribution >= 4 is 28.9 Å². The molecule has 0 unspecified atom stereocenters. The molecule has 18 heteroatoms. The Kier molecular flexibility index (Phi) is 12.9.